The molecule has 10 heteroatoms. The molecule has 0 aromatic heterocycles. The van der Waals surface area contributed by atoms with Crippen LogP contribution < -0.4 is 5.32 Å². The molecule has 2 N–H and O–H groups in total. The van der Waals surface area contributed by atoms with Crippen molar-refractivity contribution in [2.24, 2.45) is 17.8 Å². The lowest BCUT2D eigenvalue weighted by atomic mass is 9.84. The molecule has 39 heavy (non-hydrogen) atoms. The Hall–Kier alpha value is -2.52. The van der Waals surface area contributed by atoms with Crippen molar-refractivity contribution in [3.05, 3.63) is 0 Å². The summed E-state index contributed by atoms with van der Waals surface area (Å²) < 4.78 is 11.0. The van der Waals surface area contributed by atoms with Crippen molar-refractivity contribution in [1.29, 1.82) is 0 Å². The molecule has 0 aromatic carbocycles. The van der Waals surface area contributed by atoms with Gasteiger partial charge in [0.2, 0.25) is 5.91 Å². The average molecular weight is 554 g/mol. The van der Waals surface area contributed by atoms with Crippen molar-refractivity contribution in [3.63, 3.8) is 0 Å². The van der Waals surface area contributed by atoms with Crippen LogP contribution in [-0.4, -0.2) is 82.9 Å². The maximum atomic E-state index is 13.0. The van der Waals surface area contributed by atoms with Crippen molar-refractivity contribution < 1.29 is 33.8 Å². The largest absolute Gasteiger partial charge is 0.481 e. The van der Waals surface area contributed by atoms with Crippen LogP contribution in [0.25, 0.3) is 0 Å². The number of amides is 3. The molecule has 2 aliphatic heterocycles. The summed E-state index contributed by atoms with van der Waals surface area (Å²) in [6, 6.07) is 0. The minimum absolute atomic E-state index is 0.0753. The van der Waals surface area contributed by atoms with Gasteiger partial charge in [-0.15, -0.1) is 0 Å². The number of carbonyl (C=O) groups is 4. The second-order valence-corrected chi connectivity index (χ2v) is 13.1. The van der Waals surface area contributed by atoms with Crippen molar-refractivity contribution in [3.8, 4) is 0 Å². The van der Waals surface area contributed by atoms with Crippen molar-refractivity contribution in [2.75, 3.05) is 32.7 Å². The van der Waals surface area contributed by atoms with E-state index in [0.717, 1.165) is 51.4 Å². The van der Waals surface area contributed by atoms with E-state index in [1.54, 1.807) is 9.80 Å². The summed E-state index contributed by atoms with van der Waals surface area (Å²) in [5, 5.41) is 11.8. The minimum atomic E-state index is -0.930. The summed E-state index contributed by atoms with van der Waals surface area (Å²) in [6.07, 6.45) is 6.19. The number of aliphatic carboxylic acids is 1. The first-order valence-corrected chi connectivity index (χ1v) is 14.6. The fourth-order valence-electron chi connectivity index (χ4n) is 5.18. The number of hydrogen-bond donors (Lipinski definition) is 2. The topological polar surface area (TPSA) is 125 Å². The first-order chi connectivity index (χ1) is 18.1. The molecule has 10 nitrogen and oxygen atoms in total. The summed E-state index contributed by atoms with van der Waals surface area (Å²) in [7, 11) is 0. The molecule has 0 saturated carbocycles. The molecular formula is C29H51N3O7. The van der Waals surface area contributed by atoms with Crippen LogP contribution in [0.3, 0.4) is 0 Å². The third-order valence-electron chi connectivity index (χ3n) is 7.39. The van der Waals surface area contributed by atoms with E-state index >= 15 is 0 Å². The number of piperidine rings is 2. The van der Waals surface area contributed by atoms with Crippen LogP contribution in [0.5, 0.6) is 0 Å². The molecule has 2 saturated heterocycles. The van der Waals surface area contributed by atoms with E-state index < -0.39 is 17.2 Å². The molecule has 0 bridgehead atoms. The third kappa shape index (κ3) is 12.9. The average Bonchev–Trinajstić information content (AvgIpc) is 2.82. The van der Waals surface area contributed by atoms with Gasteiger partial charge in [-0.05, 0) is 105 Å². The first-order valence-electron chi connectivity index (χ1n) is 14.6. The lowest BCUT2D eigenvalue weighted by Gasteiger charge is -2.34. The van der Waals surface area contributed by atoms with Gasteiger partial charge in [-0.1, -0.05) is 0 Å². The SMILES string of the molecule is CC(C)(C)OC(=O)N1CCC(CCC(CCC2CCN(C(=O)OC(C)(C)C)CC2)C(=O)NCCC(=O)O)CC1. The summed E-state index contributed by atoms with van der Waals surface area (Å²) in [6.45, 7) is 14.0. The van der Waals surface area contributed by atoms with Gasteiger partial charge in [-0.25, -0.2) is 9.59 Å². The van der Waals surface area contributed by atoms with Gasteiger partial charge in [0.05, 0.1) is 6.42 Å². The number of likely N-dealkylation sites (tertiary alicyclic amines) is 2. The molecule has 224 valence electrons. The Bertz CT molecular complexity index is 766. The van der Waals surface area contributed by atoms with Gasteiger partial charge < -0.3 is 29.7 Å². The van der Waals surface area contributed by atoms with Crippen molar-refractivity contribution >= 4 is 24.1 Å². The van der Waals surface area contributed by atoms with Crippen molar-refractivity contribution in [2.45, 2.75) is 111 Å². The predicted octanol–water partition coefficient (Wildman–Crippen LogP) is 5.05. The molecule has 0 aliphatic carbocycles. The maximum absolute atomic E-state index is 13.0. The van der Waals surface area contributed by atoms with Gasteiger partial charge in [-0.3, -0.25) is 9.59 Å². The summed E-state index contributed by atoms with van der Waals surface area (Å²) in [5.74, 6) is -0.300. The van der Waals surface area contributed by atoms with Gasteiger partial charge in [0.15, 0.2) is 0 Å². The Morgan fingerprint density at radius 1 is 0.769 bits per heavy atom. The number of nitrogens with one attached hydrogen (secondary N) is 1. The Kier molecular flexibility index (Phi) is 12.4. The second-order valence-electron chi connectivity index (χ2n) is 13.1. The van der Waals surface area contributed by atoms with E-state index in [0.29, 0.717) is 38.0 Å². The number of rotatable bonds is 10. The molecule has 0 atom stereocenters. The second kappa shape index (κ2) is 14.7. The standard InChI is InChI=1S/C29H51N3O7/c1-28(2,3)38-26(36)31-17-12-21(13-18-31)7-9-23(25(35)30-16-11-24(33)34)10-8-22-14-19-32(20-15-22)27(37)39-29(4,5)6/h21-23H,7-20H2,1-6H3,(H,30,35)(H,33,34). The van der Waals surface area contributed by atoms with E-state index in [9.17, 15) is 19.2 Å². The Labute approximate surface area is 234 Å². The molecule has 2 heterocycles. The van der Waals surface area contributed by atoms with Gasteiger partial charge in [-0.2, -0.15) is 0 Å². The first kappa shape index (κ1) is 32.7. The monoisotopic (exact) mass is 553 g/mol. The van der Waals surface area contributed by atoms with E-state index in [-0.39, 0.29) is 37.0 Å². The van der Waals surface area contributed by atoms with E-state index in [1.807, 2.05) is 41.5 Å². The maximum Gasteiger partial charge on any atom is 0.410 e. The number of carbonyl (C=O) groups excluding carboxylic acids is 3. The van der Waals surface area contributed by atoms with Crippen LogP contribution in [0.2, 0.25) is 0 Å². The highest BCUT2D eigenvalue weighted by Gasteiger charge is 2.30. The molecule has 2 rings (SSSR count). The smallest absolute Gasteiger partial charge is 0.410 e. The van der Waals surface area contributed by atoms with Crippen LogP contribution >= 0.6 is 0 Å². The zero-order chi connectivity index (χ0) is 29.2. The molecule has 0 aromatic rings. The quantitative estimate of drug-likeness (QED) is 0.388. The lowest BCUT2D eigenvalue weighted by molar-refractivity contribution is -0.137. The third-order valence-corrected chi connectivity index (χ3v) is 7.39. The zero-order valence-corrected chi connectivity index (χ0v) is 24.9. The van der Waals surface area contributed by atoms with Crippen LogP contribution in [-0.2, 0) is 19.1 Å². The summed E-state index contributed by atoms with van der Waals surface area (Å²) in [4.78, 5) is 52.1. The normalized spacial score (nSPS) is 17.7. The van der Waals surface area contributed by atoms with Gasteiger partial charge in [0, 0.05) is 38.6 Å². The Morgan fingerprint density at radius 2 is 1.15 bits per heavy atom. The van der Waals surface area contributed by atoms with Crippen molar-refractivity contribution in [1.82, 2.24) is 15.1 Å². The van der Waals surface area contributed by atoms with Gasteiger partial charge in [0.25, 0.3) is 0 Å². The molecule has 2 aliphatic rings. The highest BCUT2D eigenvalue weighted by molar-refractivity contribution is 5.79. The number of carboxylic acid groups (broad SMARTS) is 1. The molecule has 3 amide bonds. The Morgan fingerprint density at radius 3 is 1.49 bits per heavy atom. The number of hydrogen-bond acceptors (Lipinski definition) is 6. The lowest BCUT2D eigenvalue weighted by Crippen LogP contribution is -2.42. The zero-order valence-electron chi connectivity index (χ0n) is 24.9. The van der Waals surface area contributed by atoms with E-state index in [4.69, 9.17) is 14.6 Å². The predicted molar refractivity (Wildman–Crippen MR) is 148 cm³/mol. The molecule has 0 radical (unpaired) electrons. The molecule has 2 fully saturated rings. The van der Waals surface area contributed by atoms with Gasteiger partial charge in [0.1, 0.15) is 11.2 Å². The van der Waals surface area contributed by atoms with Gasteiger partial charge >= 0.3 is 18.2 Å². The van der Waals surface area contributed by atoms with E-state index in [1.165, 1.54) is 0 Å². The fraction of sp³-hybridized carbons (Fsp3) is 0.862. The molecule has 0 spiro atoms. The minimum Gasteiger partial charge on any atom is -0.481 e. The molecule has 0 unspecified atom stereocenters. The number of carboxylic acids is 1. The van der Waals surface area contributed by atoms with Crippen LogP contribution in [0, 0.1) is 17.8 Å². The number of ether oxygens (including phenoxy) is 2. The highest BCUT2D eigenvalue weighted by Crippen LogP contribution is 2.30. The van der Waals surface area contributed by atoms with Crippen LogP contribution in [0.1, 0.15) is 99.3 Å². The Balaban J connectivity index is 1.83. The molecular weight excluding hydrogens is 502 g/mol. The van der Waals surface area contributed by atoms with Crippen LogP contribution in [0.4, 0.5) is 9.59 Å². The van der Waals surface area contributed by atoms with E-state index in [2.05, 4.69) is 5.32 Å². The summed E-state index contributed by atoms with van der Waals surface area (Å²) >= 11 is 0. The fourth-order valence-corrected chi connectivity index (χ4v) is 5.18. The highest BCUT2D eigenvalue weighted by atomic mass is 16.6. The van der Waals surface area contributed by atoms with Crippen LogP contribution in [0.15, 0.2) is 0 Å². The number of nitrogens with zero attached hydrogens (tertiary/aromatic N) is 2. The summed E-state index contributed by atoms with van der Waals surface area (Å²) in [5.41, 5.74) is -1.02.